The molecule has 2 heterocycles. The minimum absolute atomic E-state index is 0.0584. The largest absolute Gasteiger partial charge is 0.379 e. The Bertz CT molecular complexity index is 1060. The van der Waals surface area contributed by atoms with Crippen molar-refractivity contribution in [3.05, 3.63) is 77.6 Å². The van der Waals surface area contributed by atoms with Gasteiger partial charge in [-0.15, -0.1) is 0 Å². The molecule has 2 N–H and O–H groups in total. The normalized spacial score (nSPS) is 14.2. The molecule has 0 saturated carbocycles. The number of rotatable bonds is 6. The van der Waals surface area contributed by atoms with Gasteiger partial charge in [-0.05, 0) is 74.5 Å². The fraction of sp³-hybridized carbons (Fsp3) is 0.280. The predicted molar refractivity (Wildman–Crippen MR) is 126 cm³/mol. The lowest BCUT2D eigenvalue weighted by atomic mass is 10.1. The molecule has 2 aromatic carbocycles. The molecule has 7 nitrogen and oxygen atoms in total. The summed E-state index contributed by atoms with van der Waals surface area (Å²) in [5.74, 6) is -0.237. The van der Waals surface area contributed by atoms with E-state index in [2.05, 4.69) is 46.1 Å². The van der Waals surface area contributed by atoms with Gasteiger partial charge in [-0.25, -0.2) is 0 Å². The van der Waals surface area contributed by atoms with Crippen molar-refractivity contribution >= 4 is 23.2 Å². The Balaban J connectivity index is 1.33. The maximum atomic E-state index is 12.6. The molecule has 1 aliphatic rings. The summed E-state index contributed by atoms with van der Waals surface area (Å²) in [6.45, 7) is 7.32. The second kappa shape index (κ2) is 9.80. The lowest BCUT2D eigenvalue weighted by molar-refractivity contribution is -0.118. The summed E-state index contributed by atoms with van der Waals surface area (Å²) in [4.78, 5) is 26.9. The lowest BCUT2D eigenvalue weighted by Gasteiger charge is -2.25. The molecule has 3 aromatic rings. The number of aromatic nitrogens is 1. The van der Waals surface area contributed by atoms with Gasteiger partial charge in [0, 0.05) is 47.1 Å². The van der Waals surface area contributed by atoms with Crippen LogP contribution in [-0.4, -0.2) is 54.1 Å². The van der Waals surface area contributed by atoms with Crippen LogP contribution in [0.1, 0.15) is 21.7 Å². The number of benzene rings is 2. The Morgan fingerprint density at radius 1 is 0.812 bits per heavy atom. The molecular formula is C25H28N4O3. The van der Waals surface area contributed by atoms with E-state index in [0.717, 1.165) is 30.2 Å². The summed E-state index contributed by atoms with van der Waals surface area (Å²) < 4.78 is 7.45. The summed E-state index contributed by atoms with van der Waals surface area (Å²) >= 11 is 0. The zero-order valence-corrected chi connectivity index (χ0v) is 18.4. The number of morpholine rings is 1. The number of aryl methyl sites for hydroxylation is 2. The predicted octanol–water partition coefficient (Wildman–Crippen LogP) is 3.62. The van der Waals surface area contributed by atoms with Crippen molar-refractivity contribution in [1.82, 2.24) is 9.47 Å². The number of amides is 2. The van der Waals surface area contributed by atoms with Crippen LogP contribution >= 0.6 is 0 Å². The van der Waals surface area contributed by atoms with Gasteiger partial charge in [-0.2, -0.15) is 0 Å². The third-order valence-electron chi connectivity index (χ3n) is 5.56. The summed E-state index contributed by atoms with van der Waals surface area (Å²) in [5.41, 5.74) is 5.27. The summed E-state index contributed by atoms with van der Waals surface area (Å²) in [6.07, 6.45) is 0. The number of hydrogen-bond donors (Lipinski definition) is 2. The average Bonchev–Trinajstić information content (AvgIpc) is 3.13. The zero-order chi connectivity index (χ0) is 22.5. The lowest BCUT2D eigenvalue weighted by Crippen LogP contribution is -2.41. The molecule has 0 radical (unpaired) electrons. The highest BCUT2D eigenvalue weighted by Gasteiger charge is 2.14. The number of nitrogens with zero attached hydrogens (tertiary/aromatic N) is 2. The molecular weight excluding hydrogens is 404 g/mol. The van der Waals surface area contributed by atoms with E-state index in [-0.39, 0.29) is 11.8 Å². The highest BCUT2D eigenvalue weighted by Crippen LogP contribution is 2.18. The molecule has 0 spiro atoms. The van der Waals surface area contributed by atoms with Crippen molar-refractivity contribution in [1.29, 1.82) is 0 Å². The number of carbonyl (C=O) groups excluding carboxylic acids is 2. The van der Waals surface area contributed by atoms with Gasteiger partial charge < -0.3 is 19.9 Å². The molecule has 0 aliphatic carbocycles. The molecule has 7 heteroatoms. The van der Waals surface area contributed by atoms with Crippen LogP contribution < -0.4 is 10.6 Å². The van der Waals surface area contributed by atoms with E-state index in [1.165, 1.54) is 0 Å². The van der Waals surface area contributed by atoms with Crippen LogP contribution in [0.25, 0.3) is 5.69 Å². The second-order valence-corrected chi connectivity index (χ2v) is 7.97. The molecule has 2 amide bonds. The molecule has 0 atom stereocenters. The van der Waals surface area contributed by atoms with Crippen LogP contribution in [-0.2, 0) is 9.53 Å². The van der Waals surface area contributed by atoms with Crippen molar-refractivity contribution in [2.24, 2.45) is 0 Å². The highest BCUT2D eigenvalue weighted by atomic mass is 16.5. The third kappa shape index (κ3) is 5.25. The second-order valence-electron chi connectivity index (χ2n) is 7.97. The molecule has 1 fully saturated rings. The molecule has 1 aliphatic heterocycles. The van der Waals surface area contributed by atoms with Gasteiger partial charge in [-0.1, -0.05) is 0 Å². The van der Waals surface area contributed by atoms with E-state index in [1.807, 2.05) is 24.3 Å². The summed E-state index contributed by atoms with van der Waals surface area (Å²) in [5, 5.41) is 5.79. The maximum Gasteiger partial charge on any atom is 0.255 e. The van der Waals surface area contributed by atoms with E-state index in [4.69, 9.17) is 4.74 Å². The first kappa shape index (κ1) is 21.8. The third-order valence-corrected chi connectivity index (χ3v) is 5.56. The number of anilines is 2. The minimum Gasteiger partial charge on any atom is -0.379 e. The van der Waals surface area contributed by atoms with Crippen LogP contribution in [0, 0.1) is 13.8 Å². The molecule has 0 bridgehead atoms. The van der Waals surface area contributed by atoms with Crippen molar-refractivity contribution in [2.45, 2.75) is 13.8 Å². The van der Waals surface area contributed by atoms with Crippen molar-refractivity contribution in [3.8, 4) is 5.69 Å². The van der Waals surface area contributed by atoms with Gasteiger partial charge in [0.1, 0.15) is 0 Å². The van der Waals surface area contributed by atoms with Crippen molar-refractivity contribution in [2.75, 3.05) is 43.5 Å². The first-order valence-electron chi connectivity index (χ1n) is 10.8. The van der Waals surface area contributed by atoms with E-state index in [0.29, 0.717) is 36.7 Å². The van der Waals surface area contributed by atoms with Gasteiger partial charge in [0.2, 0.25) is 5.91 Å². The van der Waals surface area contributed by atoms with Gasteiger partial charge in [0.05, 0.1) is 19.8 Å². The Hall–Kier alpha value is -3.42. The zero-order valence-electron chi connectivity index (χ0n) is 18.4. The maximum absolute atomic E-state index is 12.6. The minimum atomic E-state index is -0.179. The molecule has 0 unspecified atom stereocenters. The number of hydrogen-bond acceptors (Lipinski definition) is 4. The number of nitrogens with one attached hydrogen (secondary N) is 2. The van der Waals surface area contributed by atoms with Gasteiger partial charge in [-0.3, -0.25) is 14.5 Å². The quantitative estimate of drug-likeness (QED) is 0.624. The molecule has 1 saturated heterocycles. The van der Waals surface area contributed by atoms with Crippen LogP contribution in [0.2, 0.25) is 0 Å². The van der Waals surface area contributed by atoms with E-state index in [9.17, 15) is 9.59 Å². The van der Waals surface area contributed by atoms with Gasteiger partial charge >= 0.3 is 0 Å². The van der Waals surface area contributed by atoms with E-state index in [1.54, 1.807) is 24.3 Å². The van der Waals surface area contributed by atoms with Crippen LogP contribution in [0.4, 0.5) is 11.4 Å². The topological polar surface area (TPSA) is 75.6 Å². The smallest absolute Gasteiger partial charge is 0.255 e. The standard InChI is InChI=1S/C25H28N4O3/c1-18-3-4-19(2)29(18)23-11-5-20(6-12-23)25(31)27-22-9-7-21(8-10-22)26-24(30)17-28-13-15-32-16-14-28/h3-12H,13-17H2,1-2H3,(H,26,30)(H,27,31). The fourth-order valence-electron chi connectivity index (χ4n) is 3.84. The van der Waals surface area contributed by atoms with Crippen LogP contribution in [0.5, 0.6) is 0 Å². The monoisotopic (exact) mass is 432 g/mol. The van der Waals surface area contributed by atoms with Crippen LogP contribution in [0.3, 0.4) is 0 Å². The Morgan fingerprint density at radius 3 is 1.97 bits per heavy atom. The average molecular weight is 433 g/mol. The Kier molecular flexibility index (Phi) is 6.68. The van der Waals surface area contributed by atoms with Gasteiger partial charge in [0.15, 0.2) is 0 Å². The van der Waals surface area contributed by atoms with Crippen LogP contribution in [0.15, 0.2) is 60.7 Å². The Labute approximate surface area is 188 Å². The number of ether oxygens (including phenoxy) is 1. The summed E-state index contributed by atoms with van der Waals surface area (Å²) in [7, 11) is 0. The van der Waals surface area contributed by atoms with Crippen molar-refractivity contribution < 1.29 is 14.3 Å². The SMILES string of the molecule is Cc1ccc(C)n1-c1ccc(C(=O)Nc2ccc(NC(=O)CN3CCOCC3)cc2)cc1. The first-order valence-corrected chi connectivity index (χ1v) is 10.8. The first-order chi connectivity index (χ1) is 15.5. The van der Waals surface area contributed by atoms with Gasteiger partial charge in [0.25, 0.3) is 5.91 Å². The molecule has 32 heavy (non-hydrogen) atoms. The van der Waals surface area contributed by atoms with E-state index < -0.39 is 0 Å². The number of carbonyl (C=O) groups is 2. The van der Waals surface area contributed by atoms with Crippen molar-refractivity contribution in [3.63, 3.8) is 0 Å². The summed E-state index contributed by atoms with van der Waals surface area (Å²) in [6, 6.07) is 18.8. The van der Waals surface area contributed by atoms with E-state index >= 15 is 0 Å². The molecule has 1 aromatic heterocycles. The fourth-order valence-corrected chi connectivity index (χ4v) is 3.84. The Morgan fingerprint density at radius 2 is 1.38 bits per heavy atom. The molecule has 4 rings (SSSR count). The highest BCUT2D eigenvalue weighted by molar-refractivity contribution is 6.04. The molecule has 166 valence electrons.